The van der Waals surface area contributed by atoms with Gasteiger partial charge in [-0.15, -0.1) is 0 Å². The minimum absolute atomic E-state index is 0.466. The summed E-state index contributed by atoms with van der Waals surface area (Å²) < 4.78 is 0. The monoisotopic (exact) mass is 256 g/mol. The molecule has 1 atom stereocenters. The van der Waals surface area contributed by atoms with Crippen LogP contribution in [0.1, 0.15) is 12.7 Å². The number of nitrogens with one attached hydrogen (secondary N) is 2. The summed E-state index contributed by atoms with van der Waals surface area (Å²) in [7, 11) is 1.81. The molecular weight excluding hydrogens is 236 g/mol. The lowest BCUT2D eigenvalue weighted by Crippen LogP contribution is -2.36. The standard InChI is InChI=1S/C11H20N4OS/c1-8-14-9(12-3)5-10(15-8)13-6-11(2,16)7-17-4/h5,16H,6-7H2,1-4H3,(H2,12,13,14,15). The molecule has 0 aliphatic rings. The number of hydrogen-bond donors (Lipinski definition) is 3. The molecule has 5 nitrogen and oxygen atoms in total. The first-order valence-corrected chi connectivity index (χ1v) is 6.85. The zero-order chi connectivity index (χ0) is 12.9. The highest BCUT2D eigenvalue weighted by Gasteiger charge is 2.19. The van der Waals surface area contributed by atoms with Gasteiger partial charge in [-0.2, -0.15) is 11.8 Å². The van der Waals surface area contributed by atoms with Crippen molar-refractivity contribution in [2.45, 2.75) is 19.4 Å². The Morgan fingerprint density at radius 3 is 2.65 bits per heavy atom. The number of aliphatic hydroxyl groups is 1. The van der Waals surface area contributed by atoms with Crippen molar-refractivity contribution in [3.8, 4) is 0 Å². The van der Waals surface area contributed by atoms with Crippen LogP contribution in [-0.4, -0.2) is 46.3 Å². The van der Waals surface area contributed by atoms with Crippen molar-refractivity contribution in [1.29, 1.82) is 0 Å². The smallest absolute Gasteiger partial charge is 0.131 e. The Hall–Kier alpha value is -1.01. The van der Waals surface area contributed by atoms with E-state index < -0.39 is 5.60 Å². The van der Waals surface area contributed by atoms with Gasteiger partial charge >= 0.3 is 0 Å². The van der Waals surface area contributed by atoms with E-state index in [1.165, 1.54) is 0 Å². The van der Waals surface area contributed by atoms with Gasteiger partial charge in [-0.05, 0) is 20.1 Å². The fourth-order valence-corrected chi connectivity index (χ4v) is 2.15. The fourth-order valence-electron chi connectivity index (χ4n) is 1.43. The number of aromatic nitrogens is 2. The van der Waals surface area contributed by atoms with Crippen LogP contribution in [0.25, 0.3) is 0 Å². The Bertz CT molecular complexity index is 370. The molecule has 0 spiro atoms. The molecule has 1 heterocycles. The van der Waals surface area contributed by atoms with Gasteiger partial charge in [-0.3, -0.25) is 0 Å². The predicted octanol–water partition coefficient (Wildman–Crippen LogP) is 1.35. The minimum Gasteiger partial charge on any atom is -0.387 e. The van der Waals surface area contributed by atoms with E-state index in [1.54, 1.807) is 11.8 Å². The molecule has 0 fully saturated rings. The fraction of sp³-hybridized carbons (Fsp3) is 0.636. The lowest BCUT2D eigenvalue weighted by Gasteiger charge is -2.22. The van der Waals surface area contributed by atoms with Gasteiger partial charge in [0.15, 0.2) is 0 Å². The van der Waals surface area contributed by atoms with Crippen LogP contribution in [0.2, 0.25) is 0 Å². The molecule has 1 aromatic rings. The Morgan fingerprint density at radius 1 is 1.41 bits per heavy atom. The molecule has 1 aromatic heterocycles. The van der Waals surface area contributed by atoms with E-state index in [-0.39, 0.29) is 0 Å². The number of nitrogens with zero attached hydrogens (tertiary/aromatic N) is 2. The second kappa shape index (κ2) is 6.07. The maximum atomic E-state index is 10.0. The molecular formula is C11H20N4OS. The van der Waals surface area contributed by atoms with Gasteiger partial charge in [0.2, 0.25) is 0 Å². The van der Waals surface area contributed by atoms with E-state index in [1.807, 2.05) is 33.2 Å². The molecule has 96 valence electrons. The SMILES string of the molecule is CNc1cc(NCC(C)(O)CSC)nc(C)n1. The van der Waals surface area contributed by atoms with Crippen LogP contribution in [0.15, 0.2) is 6.07 Å². The van der Waals surface area contributed by atoms with Crippen molar-refractivity contribution < 1.29 is 5.11 Å². The number of aryl methyl sites for hydroxylation is 1. The first-order chi connectivity index (χ1) is 7.96. The molecule has 6 heteroatoms. The van der Waals surface area contributed by atoms with E-state index in [9.17, 15) is 5.11 Å². The Morgan fingerprint density at radius 2 is 2.06 bits per heavy atom. The highest BCUT2D eigenvalue weighted by molar-refractivity contribution is 7.98. The van der Waals surface area contributed by atoms with Crippen LogP contribution in [-0.2, 0) is 0 Å². The zero-order valence-electron chi connectivity index (χ0n) is 10.7. The molecule has 0 aromatic carbocycles. The van der Waals surface area contributed by atoms with E-state index in [2.05, 4.69) is 20.6 Å². The van der Waals surface area contributed by atoms with E-state index in [0.29, 0.717) is 18.1 Å². The van der Waals surface area contributed by atoms with Gasteiger partial charge in [0.05, 0.1) is 5.60 Å². The zero-order valence-corrected chi connectivity index (χ0v) is 11.6. The largest absolute Gasteiger partial charge is 0.387 e. The highest BCUT2D eigenvalue weighted by Crippen LogP contribution is 2.14. The summed E-state index contributed by atoms with van der Waals surface area (Å²) in [6.07, 6.45) is 1.97. The maximum absolute atomic E-state index is 10.0. The normalized spacial score (nSPS) is 14.2. The van der Waals surface area contributed by atoms with Crippen molar-refractivity contribution in [2.75, 3.05) is 36.2 Å². The number of rotatable bonds is 6. The third-order valence-corrected chi connectivity index (χ3v) is 3.11. The van der Waals surface area contributed by atoms with E-state index in [0.717, 1.165) is 11.6 Å². The topological polar surface area (TPSA) is 70.1 Å². The molecule has 0 aliphatic carbocycles. The molecule has 17 heavy (non-hydrogen) atoms. The second-order valence-electron chi connectivity index (χ2n) is 4.22. The van der Waals surface area contributed by atoms with Crippen molar-refractivity contribution >= 4 is 23.4 Å². The van der Waals surface area contributed by atoms with Gasteiger partial charge in [0.25, 0.3) is 0 Å². The van der Waals surface area contributed by atoms with E-state index >= 15 is 0 Å². The third kappa shape index (κ3) is 4.79. The summed E-state index contributed by atoms with van der Waals surface area (Å²) in [4.78, 5) is 8.47. The van der Waals surface area contributed by atoms with Crippen LogP contribution in [0.3, 0.4) is 0 Å². The van der Waals surface area contributed by atoms with Gasteiger partial charge in [0.1, 0.15) is 17.5 Å². The average Bonchev–Trinajstić information content (AvgIpc) is 2.26. The summed E-state index contributed by atoms with van der Waals surface area (Å²) in [5.74, 6) is 2.87. The minimum atomic E-state index is -0.738. The summed E-state index contributed by atoms with van der Waals surface area (Å²) >= 11 is 1.62. The Kier molecular flexibility index (Phi) is 5.02. The van der Waals surface area contributed by atoms with Gasteiger partial charge in [-0.1, -0.05) is 0 Å². The van der Waals surface area contributed by atoms with Crippen LogP contribution in [0.5, 0.6) is 0 Å². The lowest BCUT2D eigenvalue weighted by molar-refractivity contribution is 0.0996. The Labute approximate surface area is 106 Å². The highest BCUT2D eigenvalue weighted by atomic mass is 32.2. The third-order valence-electron chi connectivity index (χ3n) is 2.20. The second-order valence-corrected chi connectivity index (χ2v) is 5.09. The molecule has 0 bridgehead atoms. The summed E-state index contributed by atoms with van der Waals surface area (Å²) in [5, 5.41) is 16.1. The summed E-state index contributed by atoms with van der Waals surface area (Å²) in [6, 6.07) is 1.82. The lowest BCUT2D eigenvalue weighted by atomic mass is 10.1. The molecule has 0 aliphatic heterocycles. The molecule has 0 saturated carbocycles. The molecule has 0 radical (unpaired) electrons. The van der Waals surface area contributed by atoms with Crippen LogP contribution >= 0.6 is 11.8 Å². The maximum Gasteiger partial charge on any atom is 0.131 e. The molecule has 0 saturated heterocycles. The Balaban J connectivity index is 2.65. The predicted molar refractivity (Wildman–Crippen MR) is 73.8 cm³/mol. The molecule has 3 N–H and O–H groups in total. The van der Waals surface area contributed by atoms with Crippen molar-refractivity contribution in [1.82, 2.24) is 9.97 Å². The summed E-state index contributed by atoms with van der Waals surface area (Å²) in [6.45, 7) is 4.11. The van der Waals surface area contributed by atoms with Crippen molar-refractivity contribution in [3.05, 3.63) is 11.9 Å². The molecule has 1 rings (SSSR count). The van der Waals surface area contributed by atoms with Crippen LogP contribution in [0, 0.1) is 6.92 Å². The average molecular weight is 256 g/mol. The number of thioether (sulfide) groups is 1. The first-order valence-electron chi connectivity index (χ1n) is 5.45. The van der Waals surface area contributed by atoms with Gasteiger partial charge in [0, 0.05) is 25.4 Å². The summed E-state index contributed by atoms with van der Waals surface area (Å²) in [5.41, 5.74) is -0.738. The molecule has 1 unspecified atom stereocenters. The van der Waals surface area contributed by atoms with Gasteiger partial charge < -0.3 is 15.7 Å². The van der Waals surface area contributed by atoms with Crippen molar-refractivity contribution in [3.63, 3.8) is 0 Å². The first kappa shape index (κ1) is 14.1. The van der Waals surface area contributed by atoms with Crippen LogP contribution < -0.4 is 10.6 Å². The number of anilines is 2. The van der Waals surface area contributed by atoms with Crippen LogP contribution in [0.4, 0.5) is 11.6 Å². The quantitative estimate of drug-likeness (QED) is 0.714. The van der Waals surface area contributed by atoms with Gasteiger partial charge in [-0.25, -0.2) is 9.97 Å². The van der Waals surface area contributed by atoms with Crippen molar-refractivity contribution in [2.24, 2.45) is 0 Å². The number of hydrogen-bond acceptors (Lipinski definition) is 6. The van der Waals surface area contributed by atoms with E-state index in [4.69, 9.17) is 0 Å². The molecule has 0 amide bonds.